The van der Waals surface area contributed by atoms with E-state index in [0.717, 1.165) is 33.6 Å². The van der Waals surface area contributed by atoms with E-state index >= 15 is 0 Å². The van der Waals surface area contributed by atoms with Gasteiger partial charge in [0, 0.05) is 25.3 Å². The molecule has 0 aliphatic carbocycles. The zero-order chi connectivity index (χ0) is 22.4. The Morgan fingerprint density at radius 2 is 1.42 bits per heavy atom. The highest BCUT2D eigenvalue weighted by atomic mass is 16.5. The van der Waals surface area contributed by atoms with Gasteiger partial charge in [-0.25, -0.2) is 4.79 Å². The van der Waals surface area contributed by atoms with Crippen molar-refractivity contribution in [2.45, 2.75) is 6.92 Å². The average molecular weight is 414 g/mol. The van der Waals surface area contributed by atoms with E-state index in [0.29, 0.717) is 5.56 Å². The highest BCUT2D eigenvalue weighted by molar-refractivity contribution is 5.90. The standard InChI is InChI=1S/C27H27NO3/c1-19-17-21(11-16-25(19)27(29)30)5-6-22-8-13-23(26(18-22)31-4)12-7-20-9-14-24(15-10-20)28(2)3/h5-18H,1-4H3,(H,29,30)/b6-5+,12-7+. The van der Waals surface area contributed by atoms with Gasteiger partial charge in [-0.3, -0.25) is 0 Å². The van der Waals surface area contributed by atoms with Crippen molar-refractivity contribution in [3.8, 4) is 5.75 Å². The first-order valence-corrected chi connectivity index (χ1v) is 10.0. The average Bonchev–Trinajstić information content (AvgIpc) is 2.76. The first-order valence-electron chi connectivity index (χ1n) is 10.0. The van der Waals surface area contributed by atoms with Crippen LogP contribution in [-0.4, -0.2) is 32.3 Å². The van der Waals surface area contributed by atoms with Crippen LogP contribution < -0.4 is 9.64 Å². The molecular weight excluding hydrogens is 386 g/mol. The number of hydrogen-bond acceptors (Lipinski definition) is 3. The van der Waals surface area contributed by atoms with Gasteiger partial charge in [0.1, 0.15) is 5.75 Å². The van der Waals surface area contributed by atoms with Crippen molar-refractivity contribution in [1.29, 1.82) is 0 Å². The van der Waals surface area contributed by atoms with Gasteiger partial charge < -0.3 is 14.7 Å². The van der Waals surface area contributed by atoms with E-state index in [2.05, 4.69) is 35.2 Å². The largest absolute Gasteiger partial charge is 0.496 e. The van der Waals surface area contributed by atoms with E-state index in [9.17, 15) is 4.79 Å². The molecule has 0 fully saturated rings. The van der Waals surface area contributed by atoms with Gasteiger partial charge in [-0.05, 0) is 53.4 Å². The number of aromatic carboxylic acids is 1. The molecule has 0 radical (unpaired) electrons. The number of methoxy groups -OCH3 is 1. The summed E-state index contributed by atoms with van der Waals surface area (Å²) in [7, 11) is 5.72. The van der Waals surface area contributed by atoms with E-state index in [1.165, 1.54) is 5.69 Å². The lowest BCUT2D eigenvalue weighted by atomic mass is 10.0. The summed E-state index contributed by atoms with van der Waals surface area (Å²) in [5, 5.41) is 9.16. The number of carboxylic acids is 1. The minimum Gasteiger partial charge on any atom is -0.496 e. The Morgan fingerprint density at radius 3 is 2.00 bits per heavy atom. The van der Waals surface area contributed by atoms with Gasteiger partial charge in [0.2, 0.25) is 0 Å². The van der Waals surface area contributed by atoms with E-state index in [1.807, 2.05) is 62.7 Å². The van der Waals surface area contributed by atoms with Crippen LogP contribution in [-0.2, 0) is 0 Å². The predicted octanol–water partition coefficient (Wildman–Crippen LogP) is 6.11. The smallest absolute Gasteiger partial charge is 0.335 e. The van der Waals surface area contributed by atoms with Crippen LogP contribution in [0, 0.1) is 6.92 Å². The second-order valence-corrected chi connectivity index (χ2v) is 7.53. The molecule has 0 atom stereocenters. The van der Waals surface area contributed by atoms with Crippen LogP contribution in [0.3, 0.4) is 0 Å². The van der Waals surface area contributed by atoms with Gasteiger partial charge in [0.25, 0.3) is 0 Å². The monoisotopic (exact) mass is 413 g/mol. The highest BCUT2D eigenvalue weighted by Gasteiger charge is 2.06. The molecule has 31 heavy (non-hydrogen) atoms. The number of aryl methyl sites for hydroxylation is 1. The molecule has 0 heterocycles. The first-order chi connectivity index (χ1) is 14.9. The van der Waals surface area contributed by atoms with Crippen molar-refractivity contribution in [1.82, 2.24) is 0 Å². The number of benzene rings is 3. The third kappa shape index (κ3) is 5.64. The third-order valence-corrected chi connectivity index (χ3v) is 5.07. The lowest BCUT2D eigenvalue weighted by Gasteiger charge is -2.11. The number of nitrogens with zero attached hydrogens (tertiary/aromatic N) is 1. The summed E-state index contributed by atoms with van der Waals surface area (Å²) in [5.41, 5.74) is 6.31. The zero-order valence-electron chi connectivity index (χ0n) is 18.3. The third-order valence-electron chi connectivity index (χ3n) is 5.07. The van der Waals surface area contributed by atoms with Crippen molar-refractivity contribution < 1.29 is 14.6 Å². The van der Waals surface area contributed by atoms with Gasteiger partial charge in [-0.2, -0.15) is 0 Å². The Hall–Kier alpha value is -3.79. The summed E-state index contributed by atoms with van der Waals surface area (Å²) in [6, 6.07) is 19.7. The molecule has 1 N–H and O–H groups in total. The van der Waals surface area contributed by atoms with Crippen LogP contribution >= 0.6 is 0 Å². The van der Waals surface area contributed by atoms with Crippen molar-refractivity contribution in [2.24, 2.45) is 0 Å². The Labute approximate surface area is 183 Å². The SMILES string of the molecule is COc1cc(/C=C/c2ccc(C(=O)O)c(C)c2)ccc1/C=C/c1ccc(N(C)C)cc1. The number of hydrogen-bond donors (Lipinski definition) is 1. The molecule has 0 saturated heterocycles. The fourth-order valence-corrected chi connectivity index (χ4v) is 3.26. The Balaban J connectivity index is 1.77. The fourth-order valence-electron chi connectivity index (χ4n) is 3.26. The van der Waals surface area contributed by atoms with Gasteiger partial charge in [-0.1, -0.05) is 60.7 Å². The maximum Gasteiger partial charge on any atom is 0.335 e. The summed E-state index contributed by atoms with van der Waals surface area (Å²) < 4.78 is 5.58. The van der Waals surface area contributed by atoms with E-state index in [1.54, 1.807) is 20.1 Å². The molecule has 0 saturated carbocycles. The van der Waals surface area contributed by atoms with Gasteiger partial charge in [0.05, 0.1) is 12.7 Å². The topological polar surface area (TPSA) is 49.8 Å². The van der Waals surface area contributed by atoms with Crippen molar-refractivity contribution in [3.05, 3.63) is 94.0 Å². The van der Waals surface area contributed by atoms with Crippen LogP contribution in [0.25, 0.3) is 24.3 Å². The Kier molecular flexibility index (Phi) is 6.93. The van der Waals surface area contributed by atoms with Crippen molar-refractivity contribution in [2.75, 3.05) is 26.1 Å². The number of carbonyl (C=O) groups is 1. The molecular formula is C27H27NO3. The lowest BCUT2D eigenvalue weighted by Crippen LogP contribution is -2.07. The Morgan fingerprint density at radius 1 is 0.839 bits per heavy atom. The molecule has 3 rings (SSSR count). The van der Waals surface area contributed by atoms with E-state index in [-0.39, 0.29) is 0 Å². The number of carboxylic acid groups (broad SMARTS) is 1. The number of ether oxygens (including phenoxy) is 1. The predicted molar refractivity (Wildman–Crippen MR) is 130 cm³/mol. The zero-order valence-corrected chi connectivity index (χ0v) is 18.3. The summed E-state index contributed by atoms with van der Waals surface area (Å²) in [6.07, 6.45) is 8.07. The van der Waals surface area contributed by atoms with Crippen molar-refractivity contribution in [3.63, 3.8) is 0 Å². The maximum absolute atomic E-state index is 11.2. The van der Waals surface area contributed by atoms with Crippen LogP contribution in [0.2, 0.25) is 0 Å². The fraction of sp³-hybridized carbons (Fsp3) is 0.148. The normalized spacial score (nSPS) is 11.2. The Bertz CT molecular complexity index is 1130. The molecule has 0 bridgehead atoms. The molecule has 4 nitrogen and oxygen atoms in total. The second-order valence-electron chi connectivity index (χ2n) is 7.53. The quantitative estimate of drug-likeness (QED) is 0.475. The second kappa shape index (κ2) is 9.81. The summed E-state index contributed by atoms with van der Waals surface area (Å²) in [5.74, 6) is -0.115. The van der Waals surface area contributed by atoms with E-state index in [4.69, 9.17) is 9.84 Å². The van der Waals surface area contributed by atoms with Crippen LogP contribution in [0.5, 0.6) is 5.75 Å². The lowest BCUT2D eigenvalue weighted by molar-refractivity contribution is 0.0696. The van der Waals surface area contributed by atoms with E-state index < -0.39 is 5.97 Å². The van der Waals surface area contributed by atoms with Crippen molar-refractivity contribution >= 4 is 36.0 Å². The minimum atomic E-state index is -0.907. The minimum absolute atomic E-state index is 0.325. The van der Waals surface area contributed by atoms with Crippen LogP contribution in [0.1, 0.15) is 38.2 Å². The molecule has 0 spiro atoms. The number of rotatable bonds is 7. The molecule has 3 aromatic rings. The summed E-state index contributed by atoms with van der Waals surface area (Å²) in [4.78, 5) is 13.2. The molecule has 0 aliphatic rings. The van der Waals surface area contributed by atoms with Gasteiger partial charge in [0.15, 0.2) is 0 Å². The number of anilines is 1. The molecule has 0 unspecified atom stereocenters. The molecule has 0 aliphatic heterocycles. The summed E-state index contributed by atoms with van der Waals surface area (Å²) >= 11 is 0. The molecule has 4 heteroatoms. The molecule has 158 valence electrons. The molecule has 0 aromatic heterocycles. The summed E-state index contributed by atoms with van der Waals surface area (Å²) in [6.45, 7) is 1.80. The molecule has 0 amide bonds. The van der Waals surface area contributed by atoms with Gasteiger partial charge >= 0.3 is 5.97 Å². The molecule has 3 aromatic carbocycles. The van der Waals surface area contributed by atoms with Crippen LogP contribution in [0.15, 0.2) is 60.7 Å². The first kappa shape index (κ1) is 21.9. The maximum atomic E-state index is 11.2. The van der Waals surface area contributed by atoms with Crippen LogP contribution in [0.4, 0.5) is 5.69 Å². The van der Waals surface area contributed by atoms with Gasteiger partial charge in [-0.15, -0.1) is 0 Å². The highest BCUT2D eigenvalue weighted by Crippen LogP contribution is 2.24.